The number of benzene rings is 1. The summed E-state index contributed by atoms with van der Waals surface area (Å²) < 4.78 is 0. The van der Waals surface area contributed by atoms with Gasteiger partial charge in [0.2, 0.25) is 0 Å². The number of nitro groups is 1. The molecule has 6 heteroatoms. The van der Waals surface area contributed by atoms with E-state index < -0.39 is 10.9 Å². The molecule has 0 heterocycles. The van der Waals surface area contributed by atoms with E-state index in [4.69, 9.17) is 0 Å². The maximum absolute atomic E-state index is 10.7. The van der Waals surface area contributed by atoms with Crippen LogP contribution in [0.1, 0.15) is 13.3 Å². The second-order valence-corrected chi connectivity index (χ2v) is 2.65. The second kappa shape index (κ2) is 4.94. The smallest absolute Gasteiger partial charge is 0.287 e. The molecule has 0 saturated heterocycles. The zero-order chi connectivity index (χ0) is 11.3. The third-order valence-corrected chi connectivity index (χ3v) is 1.55. The average molecular weight is 211 g/mol. The highest BCUT2D eigenvalue weighted by Gasteiger charge is 2.08. The van der Waals surface area contributed by atoms with Gasteiger partial charge in [-0.3, -0.25) is 19.9 Å². The molecular weight excluding hydrogens is 202 g/mol. The summed E-state index contributed by atoms with van der Waals surface area (Å²) in [5, 5.41) is 10.4. The van der Waals surface area contributed by atoms with E-state index in [-0.39, 0.29) is 17.9 Å². The first-order valence-corrected chi connectivity index (χ1v) is 4.25. The van der Waals surface area contributed by atoms with Gasteiger partial charge in [-0.1, -0.05) is 13.0 Å². The molecule has 1 aromatic rings. The fraction of sp³-hybridized carbons (Fsp3) is 0.222. The molecule has 0 spiro atoms. The van der Waals surface area contributed by atoms with Crippen LogP contribution in [0.25, 0.3) is 0 Å². The molecule has 0 saturated carbocycles. The van der Waals surface area contributed by atoms with E-state index in [1.165, 1.54) is 24.3 Å². The fourth-order valence-electron chi connectivity index (χ4n) is 0.802. The van der Waals surface area contributed by atoms with E-state index in [9.17, 15) is 14.9 Å². The number of carbonyl (C=O) groups is 1. The van der Waals surface area contributed by atoms with Gasteiger partial charge in [-0.2, -0.15) is 0 Å². The van der Waals surface area contributed by atoms with Crippen LogP contribution in [0.4, 0.5) is 5.69 Å². The Morgan fingerprint density at radius 2 is 2.27 bits per heavy atom. The van der Waals surface area contributed by atoms with Crippen molar-refractivity contribution in [2.24, 2.45) is 0 Å². The summed E-state index contributed by atoms with van der Waals surface area (Å²) in [6.07, 6.45) is 0.176. The quantitative estimate of drug-likeness (QED) is 0.431. The summed E-state index contributed by atoms with van der Waals surface area (Å²) in [5.74, 6) is -0.424. The lowest BCUT2D eigenvalue weighted by Gasteiger charge is -2.02. The number of nitrogens with zero attached hydrogens (tertiary/aromatic N) is 1. The van der Waals surface area contributed by atoms with E-state index in [0.717, 1.165) is 0 Å². The molecule has 0 aliphatic heterocycles. The molecule has 0 aliphatic rings. The molecule has 0 amide bonds. The lowest BCUT2D eigenvalue weighted by atomic mass is 10.3. The highest BCUT2D eigenvalue weighted by atomic mass is 17.2. The summed E-state index contributed by atoms with van der Waals surface area (Å²) in [6.45, 7) is 1.61. The summed E-state index contributed by atoms with van der Waals surface area (Å²) in [7, 11) is 0. The number of non-ortho nitro benzene ring substituents is 1. The van der Waals surface area contributed by atoms with Crippen LogP contribution in [0.3, 0.4) is 0 Å². The molecule has 1 rings (SSSR count). The van der Waals surface area contributed by atoms with Gasteiger partial charge >= 0.3 is 5.97 Å². The van der Waals surface area contributed by atoms with Gasteiger partial charge in [0.15, 0.2) is 5.75 Å². The molecule has 80 valence electrons. The summed E-state index contributed by atoms with van der Waals surface area (Å²) >= 11 is 0. The van der Waals surface area contributed by atoms with Crippen LogP contribution in [0.2, 0.25) is 0 Å². The zero-order valence-electron chi connectivity index (χ0n) is 8.00. The molecule has 0 radical (unpaired) electrons. The number of hydrogen-bond acceptors (Lipinski definition) is 5. The van der Waals surface area contributed by atoms with Gasteiger partial charge in [0.1, 0.15) is 0 Å². The van der Waals surface area contributed by atoms with Crippen molar-refractivity contribution in [3.05, 3.63) is 34.4 Å². The van der Waals surface area contributed by atoms with Gasteiger partial charge in [0.25, 0.3) is 5.69 Å². The highest BCUT2D eigenvalue weighted by molar-refractivity contribution is 5.68. The first kappa shape index (κ1) is 11.0. The van der Waals surface area contributed by atoms with Gasteiger partial charge in [-0.05, 0) is 6.07 Å². The predicted octanol–water partition coefficient (Wildman–Crippen LogP) is 1.84. The van der Waals surface area contributed by atoms with E-state index in [0.29, 0.717) is 0 Å². The van der Waals surface area contributed by atoms with E-state index >= 15 is 0 Å². The van der Waals surface area contributed by atoms with Gasteiger partial charge in [-0.15, -0.1) is 0 Å². The fourth-order valence-corrected chi connectivity index (χ4v) is 0.802. The third-order valence-electron chi connectivity index (χ3n) is 1.55. The van der Waals surface area contributed by atoms with E-state index in [1.54, 1.807) is 6.92 Å². The van der Waals surface area contributed by atoms with Crippen molar-refractivity contribution < 1.29 is 19.5 Å². The van der Waals surface area contributed by atoms with E-state index in [1.807, 2.05) is 0 Å². The molecule has 1 aromatic carbocycles. The molecular formula is C9H9NO5. The molecule has 0 fully saturated rings. The van der Waals surface area contributed by atoms with Crippen molar-refractivity contribution in [2.45, 2.75) is 13.3 Å². The maximum atomic E-state index is 10.7. The minimum Gasteiger partial charge on any atom is -0.287 e. The molecule has 0 atom stereocenters. The van der Waals surface area contributed by atoms with Gasteiger partial charge in [-0.25, -0.2) is 4.79 Å². The zero-order valence-corrected chi connectivity index (χ0v) is 8.00. The van der Waals surface area contributed by atoms with Crippen LogP contribution in [-0.2, 0) is 9.68 Å². The lowest BCUT2D eigenvalue weighted by Crippen LogP contribution is -2.06. The Labute approximate surface area is 85.5 Å². The Bertz CT molecular complexity index is 377. The van der Waals surface area contributed by atoms with Crippen molar-refractivity contribution in [1.82, 2.24) is 0 Å². The third kappa shape index (κ3) is 3.26. The lowest BCUT2D eigenvalue weighted by molar-refractivity contribution is -0.385. The van der Waals surface area contributed by atoms with Crippen molar-refractivity contribution in [1.29, 1.82) is 0 Å². The maximum Gasteiger partial charge on any atom is 0.355 e. The van der Waals surface area contributed by atoms with E-state index in [2.05, 4.69) is 9.78 Å². The van der Waals surface area contributed by atoms with Crippen LogP contribution < -0.4 is 4.89 Å². The summed E-state index contributed by atoms with van der Waals surface area (Å²) in [5.41, 5.74) is -0.125. The molecule has 0 aliphatic carbocycles. The second-order valence-electron chi connectivity index (χ2n) is 2.65. The SMILES string of the molecule is CCC(=O)OOc1cccc([N+](=O)[O-])c1. The molecule has 0 aromatic heterocycles. The van der Waals surface area contributed by atoms with Crippen LogP contribution >= 0.6 is 0 Å². The summed E-state index contributed by atoms with van der Waals surface area (Å²) in [4.78, 5) is 29.5. The van der Waals surface area contributed by atoms with Crippen molar-refractivity contribution >= 4 is 11.7 Å². The van der Waals surface area contributed by atoms with Crippen molar-refractivity contribution in [2.75, 3.05) is 0 Å². The Hall–Kier alpha value is -2.11. The minimum absolute atomic E-state index is 0.117. The molecule has 0 bridgehead atoms. The first-order valence-electron chi connectivity index (χ1n) is 4.25. The number of hydrogen-bond donors (Lipinski definition) is 0. The van der Waals surface area contributed by atoms with Crippen LogP contribution in [0.5, 0.6) is 5.75 Å². The Balaban J connectivity index is 2.66. The number of carbonyl (C=O) groups excluding carboxylic acids is 1. The normalized spacial score (nSPS) is 9.40. The standard InChI is InChI=1S/C9H9NO5/c1-2-9(11)15-14-8-5-3-4-7(6-8)10(12)13/h3-6H,2H2,1H3. The molecule has 0 N–H and O–H groups in total. The molecule has 0 unspecified atom stereocenters. The predicted molar refractivity (Wildman–Crippen MR) is 50.1 cm³/mol. The largest absolute Gasteiger partial charge is 0.355 e. The van der Waals surface area contributed by atoms with Gasteiger partial charge < -0.3 is 0 Å². The first-order chi connectivity index (χ1) is 7.13. The van der Waals surface area contributed by atoms with Gasteiger partial charge in [0, 0.05) is 12.5 Å². The van der Waals surface area contributed by atoms with Crippen LogP contribution in [-0.4, -0.2) is 10.9 Å². The molecule has 15 heavy (non-hydrogen) atoms. The van der Waals surface area contributed by atoms with Crippen molar-refractivity contribution in [3.8, 4) is 5.75 Å². The Morgan fingerprint density at radius 3 is 2.87 bits per heavy atom. The summed E-state index contributed by atoms with van der Waals surface area (Å²) in [6, 6.07) is 5.38. The van der Waals surface area contributed by atoms with Gasteiger partial charge in [0.05, 0.1) is 11.0 Å². The minimum atomic E-state index is -0.561. The van der Waals surface area contributed by atoms with Crippen LogP contribution in [0.15, 0.2) is 24.3 Å². The average Bonchev–Trinajstić information content (AvgIpc) is 2.26. The topological polar surface area (TPSA) is 78.7 Å². The monoisotopic (exact) mass is 211 g/mol. The number of rotatable bonds is 4. The highest BCUT2D eigenvalue weighted by Crippen LogP contribution is 2.19. The Morgan fingerprint density at radius 1 is 1.53 bits per heavy atom. The Kier molecular flexibility index (Phi) is 3.61. The number of nitro benzene ring substituents is 1. The molecule has 6 nitrogen and oxygen atoms in total. The van der Waals surface area contributed by atoms with Crippen molar-refractivity contribution in [3.63, 3.8) is 0 Å². The van der Waals surface area contributed by atoms with Crippen LogP contribution in [0, 0.1) is 10.1 Å².